The Morgan fingerprint density at radius 2 is 2.04 bits per heavy atom. The van der Waals surface area contributed by atoms with Crippen LogP contribution in [0.1, 0.15) is 29.1 Å². The fourth-order valence-electron chi connectivity index (χ4n) is 2.56. The summed E-state index contributed by atoms with van der Waals surface area (Å²) in [6, 6.07) is 4.82. The maximum Gasteiger partial charge on any atom is 0.276 e. The van der Waals surface area contributed by atoms with Gasteiger partial charge >= 0.3 is 0 Å². The average Bonchev–Trinajstić information content (AvgIpc) is 2.97. The number of aryl methyl sites for hydroxylation is 1. The van der Waals surface area contributed by atoms with E-state index in [-0.39, 0.29) is 23.5 Å². The van der Waals surface area contributed by atoms with Crippen LogP contribution in [-0.4, -0.2) is 35.2 Å². The highest BCUT2D eigenvalue weighted by molar-refractivity contribution is 5.92. The molecule has 23 heavy (non-hydrogen) atoms. The van der Waals surface area contributed by atoms with Crippen molar-refractivity contribution in [3.05, 3.63) is 47.4 Å². The Morgan fingerprint density at radius 3 is 2.65 bits per heavy atom. The molecule has 0 N–H and O–H groups in total. The summed E-state index contributed by atoms with van der Waals surface area (Å²) < 4.78 is 36.9. The molecule has 122 valence electrons. The van der Waals surface area contributed by atoms with Crippen molar-refractivity contribution in [3.8, 4) is 5.75 Å². The summed E-state index contributed by atoms with van der Waals surface area (Å²) >= 11 is 0. The van der Waals surface area contributed by atoms with Crippen LogP contribution in [0, 0.1) is 18.6 Å². The molecule has 1 aliphatic rings. The van der Waals surface area contributed by atoms with Crippen molar-refractivity contribution in [2.75, 3.05) is 13.1 Å². The van der Waals surface area contributed by atoms with Crippen LogP contribution in [0.4, 0.5) is 8.78 Å². The minimum Gasteiger partial charge on any atom is -0.487 e. The lowest BCUT2D eigenvalue weighted by molar-refractivity contribution is 0.0579. The molecule has 2 heterocycles. The lowest BCUT2D eigenvalue weighted by Gasteiger charge is -2.31. The average molecular weight is 322 g/mol. The minimum absolute atomic E-state index is 0.0308. The topological polar surface area (TPSA) is 55.6 Å². The van der Waals surface area contributed by atoms with Crippen molar-refractivity contribution in [3.63, 3.8) is 0 Å². The van der Waals surface area contributed by atoms with E-state index >= 15 is 0 Å². The largest absolute Gasteiger partial charge is 0.487 e. The van der Waals surface area contributed by atoms with E-state index in [0.717, 1.165) is 12.1 Å². The summed E-state index contributed by atoms with van der Waals surface area (Å²) in [5, 5.41) is 3.71. The summed E-state index contributed by atoms with van der Waals surface area (Å²) in [7, 11) is 0. The number of ether oxygens (including phenoxy) is 1. The number of carbonyl (C=O) groups excluding carboxylic acids is 1. The number of hydrogen-bond acceptors (Lipinski definition) is 4. The van der Waals surface area contributed by atoms with Gasteiger partial charge in [0.25, 0.3) is 5.91 Å². The van der Waals surface area contributed by atoms with Crippen molar-refractivity contribution >= 4 is 5.91 Å². The number of likely N-dealkylation sites (tertiary alicyclic amines) is 1. The Morgan fingerprint density at radius 1 is 1.30 bits per heavy atom. The van der Waals surface area contributed by atoms with Gasteiger partial charge in [-0.1, -0.05) is 5.16 Å². The van der Waals surface area contributed by atoms with Crippen LogP contribution in [-0.2, 0) is 0 Å². The van der Waals surface area contributed by atoms with Crippen molar-refractivity contribution in [1.29, 1.82) is 0 Å². The van der Waals surface area contributed by atoms with Crippen LogP contribution in [0.15, 0.2) is 28.8 Å². The number of nitrogens with zero attached hydrogens (tertiary/aromatic N) is 2. The summed E-state index contributed by atoms with van der Waals surface area (Å²) in [4.78, 5) is 13.9. The lowest BCUT2D eigenvalue weighted by Crippen LogP contribution is -2.42. The van der Waals surface area contributed by atoms with Crippen molar-refractivity contribution in [2.24, 2.45) is 0 Å². The molecule has 0 atom stereocenters. The van der Waals surface area contributed by atoms with E-state index in [4.69, 9.17) is 9.26 Å². The molecule has 1 amide bonds. The number of carbonyl (C=O) groups is 1. The second kappa shape index (κ2) is 6.36. The Bertz CT molecular complexity index is 709. The highest BCUT2D eigenvalue weighted by atomic mass is 19.1. The molecule has 0 unspecified atom stereocenters. The van der Waals surface area contributed by atoms with Gasteiger partial charge in [-0.25, -0.2) is 8.78 Å². The smallest absolute Gasteiger partial charge is 0.276 e. The molecule has 5 nitrogen and oxygen atoms in total. The molecule has 1 saturated heterocycles. The second-order valence-electron chi connectivity index (χ2n) is 5.51. The summed E-state index contributed by atoms with van der Waals surface area (Å²) in [5.41, 5.74) is 0.284. The summed E-state index contributed by atoms with van der Waals surface area (Å²) in [5.74, 6) is -0.935. The maximum absolute atomic E-state index is 13.6. The Balaban J connectivity index is 1.57. The van der Waals surface area contributed by atoms with Crippen molar-refractivity contribution < 1.29 is 22.8 Å². The van der Waals surface area contributed by atoms with Gasteiger partial charge in [-0.05, 0) is 19.1 Å². The number of amides is 1. The quantitative estimate of drug-likeness (QED) is 0.872. The number of benzene rings is 1. The first-order valence-corrected chi connectivity index (χ1v) is 7.37. The van der Waals surface area contributed by atoms with E-state index in [1.165, 1.54) is 6.07 Å². The third-order valence-electron chi connectivity index (χ3n) is 3.76. The highest BCUT2D eigenvalue weighted by Gasteiger charge is 2.26. The zero-order valence-corrected chi connectivity index (χ0v) is 12.6. The summed E-state index contributed by atoms with van der Waals surface area (Å²) in [6.45, 7) is 2.69. The zero-order chi connectivity index (χ0) is 16.4. The second-order valence-corrected chi connectivity index (χ2v) is 5.51. The van der Waals surface area contributed by atoms with Crippen LogP contribution < -0.4 is 4.74 Å². The zero-order valence-electron chi connectivity index (χ0n) is 12.6. The SMILES string of the molecule is Cc1cc(C(=O)N2CCC(Oc3ccc(F)cc3F)CC2)no1. The van der Waals surface area contributed by atoms with E-state index in [2.05, 4.69) is 5.16 Å². The molecule has 7 heteroatoms. The molecule has 0 radical (unpaired) electrons. The minimum atomic E-state index is -0.721. The first kappa shape index (κ1) is 15.5. The van der Waals surface area contributed by atoms with Crippen LogP contribution in [0.25, 0.3) is 0 Å². The maximum atomic E-state index is 13.6. The van der Waals surface area contributed by atoms with Gasteiger partial charge in [0.05, 0.1) is 0 Å². The first-order chi connectivity index (χ1) is 11.0. The fraction of sp³-hybridized carbons (Fsp3) is 0.375. The van der Waals surface area contributed by atoms with E-state index in [1.54, 1.807) is 17.9 Å². The molecule has 1 fully saturated rings. The number of hydrogen-bond donors (Lipinski definition) is 0. The van der Waals surface area contributed by atoms with Gasteiger partial charge in [0.1, 0.15) is 17.7 Å². The van der Waals surface area contributed by atoms with Gasteiger partial charge in [-0.15, -0.1) is 0 Å². The van der Waals surface area contributed by atoms with E-state index in [9.17, 15) is 13.6 Å². The molecule has 3 rings (SSSR count). The monoisotopic (exact) mass is 322 g/mol. The predicted octanol–water partition coefficient (Wildman–Crippen LogP) is 2.94. The van der Waals surface area contributed by atoms with Crippen LogP contribution in [0.5, 0.6) is 5.75 Å². The first-order valence-electron chi connectivity index (χ1n) is 7.37. The standard InChI is InChI=1S/C16H16F2N2O3/c1-10-8-14(19-23-10)16(21)20-6-4-12(5-7-20)22-15-3-2-11(17)9-13(15)18/h2-3,8-9,12H,4-7H2,1H3. The molecule has 1 aromatic heterocycles. The van der Waals surface area contributed by atoms with Gasteiger partial charge < -0.3 is 14.2 Å². The van der Waals surface area contributed by atoms with Gasteiger partial charge in [-0.3, -0.25) is 4.79 Å². The lowest BCUT2D eigenvalue weighted by atomic mass is 10.1. The Hall–Kier alpha value is -2.44. The third kappa shape index (κ3) is 3.49. The summed E-state index contributed by atoms with van der Waals surface area (Å²) in [6.07, 6.45) is 0.928. The van der Waals surface area contributed by atoms with Crippen molar-refractivity contribution in [1.82, 2.24) is 10.1 Å². The van der Waals surface area contributed by atoms with Gasteiger partial charge in [-0.2, -0.15) is 0 Å². The molecular formula is C16H16F2N2O3. The Kier molecular flexibility index (Phi) is 4.27. The molecular weight excluding hydrogens is 306 g/mol. The van der Waals surface area contributed by atoms with Crippen LogP contribution in [0.2, 0.25) is 0 Å². The molecule has 2 aromatic rings. The van der Waals surface area contributed by atoms with Gasteiger partial charge in [0, 0.05) is 38.1 Å². The number of rotatable bonds is 3. The number of halogens is 2. The molecule has 0 aliphatic carbocycles. The van der Waals surface area contributed by atoms with E-state index in [0.29, 0.717) is 31.7 Å². The van der Waals surface area contributed by atoms with E-state index in [1.807, 2.05) is 0 Å². The predicted molar refractivity (Wildman–Crippen MR) is 77.2 cm³/mol. The fourth-order valence-corrected chi connectivity index (χ4v) is 2.56. The normalized spacial score (nSPS) is 15.7. The van der Waals surface area contributed by atoms with Gasteiger partial charge in [0.15, 0.2) is 17.3 Å². The van der Waals surface area contributed by atoms with Crippen LogP contribution in [0.3, 0.4) is 0 Å². The molecule has 0 spiro atoms. The third-order valence-corrected chi connectivity index (χ3v) is 3.76. The van der Waals surface area contributed by atoms with Gasteiger partial charge in [0.2, 0.25) is 0 Å². The number of piperidine rings is 1. The molecule has 1 aromatic carbocycles. The van der Waals surface area contributed by atoms with E-state index < -0.39 is 11.6 Å². The van der Waals surface area contributed by atoms with Crippen molar-refractivity contribution in [2.45, 2.75) is 25.9 Å². The molecule has 1 aliphatic heterocycles. The highest BCUT2D eigenvalue weighted by Crippen LogP contribution is 2.23. The molecule has 0 bridgehead atoms. The number of aromatic nitrogens is 1. The molecule has 0 saturated carbocycles. The van der Waals surface area contributed by atoms with Crippen LogP contribution >= 0.6 is 0 Å². The Labute approximate surface area is 131 Å².